The van der Waals surface area contributed by atoms with Gasteiger partial charge >= 0.3 is 6.18 Å². The predicted molar refractivity (Wildman–Crippen MR) is 63.3 cm³/mol. The number of hydrogen-bond acceptors (Lipinski definition) is 4. The van der Waals surface area contributed by atoms with Gasteiger partial charge in [-0.1, -0.05) is 0 Å². The SMILES string of the molecule is COc1cc(S(=O)(=O)NCCC(F)(F)F)ccc1N. The van der Waals surface area contributed by atoms with E-state index in [9.17, 15) is 21.6 Å². The number of nitrogens with two attached hydrogens (primary N) is 1. The molecule has 0 radical (unpaired) electrons. The zero-order valence-electron chi connectivity index (χ0n) is 9.99. The van der Waals surface area contributed by atoms with Crippen molar-refractivity contribution in [2.45, 2.75) is 17.5 Å². The van der Waals surface area contributed by atoms with Crippen molar-refractivity contribution in [3.8, 4) is 5.75 Å². The van der Waals surface area contributed by atoms with Crippen molar-refractivity contribution in [1.82, 2.24) is 4.72 Å². The van der Waals surface area contributed by atoms with E-state index in [0.717, 1.165) is 6.07 Å². The summed E-state index contributed by atoms with van der Waals surface area (Å²) in [5.41, 5.74) is 5.74. The second-order valence-electron chi connectivity index (χ2n) is 3.67. The highest BCUT2D eigenvalue weighted by molar-refractivity contribution is 7.89. The van der Waals surface area contributed by atoms with Crippen molar-refractivity contribution in [3.05, 3.63) is 18.2 Å². The summed E-state index contributed by atoms with van der Waals surface area (Å²) in [7, 11) is -2.71. The molecule has 5 nitrogen and oxygen atoms in total. The molecule has 19 heavy (non-hydrogen) atoms. The molecule has 0 bridgehead atoms. The van der Waals surface area contributed by atoms with Gasteiger partial charge in [-0.25, -0.2) is 13.1 Å². The van der Waals surface area contributed by atoms with Crippen molar-refractivity contribution in [2.24, 2.45) is 0 Å². The summed E-state index contributed by atoms with van der Waals surface area (Å²) in [6.07, 6.45) is -5.65. The Balaban J connectivity index is 2.83. The molecule has 0 saturated heterocycles. The van der Waals surface area contributed by atoms with Crippen LogP contribution in [0, 0.1) is 0 Å². The van der Waals surface area contributed by atoms with Gasteiger partial charge in [0, 0.05) is 12.6 Å². The molecule has 0 unspecified atom stereocenters. The van der Waals surface area contributed by atoms with Gasteiger partial charge in [0.15, 0.2) is 0 Å². The van der Waals surface area contributed by atoms with Crippen molar-refractivity contribution < 1.29 is 26.3 Å². The Morgan fingerprint density at radius 3 is 2.53 bits per heavy atom. The number of halogens is 3. The maximum atomic E-state index is 11.9. The fourth-order valence-electron chi connectivity index (χ4n) is 1.27. The zero-order chi connectivity index (χ0) is 14.7. The van der Waals surface area contributed by atoms with Crippen molar-refractivity contribution in [2.75, 3.05) is 19.4 Å². The van der Waals surface area contributed by atoms with Crippen molar-refractivity contribution in [1.29, 1.82) is 0 Å². The van der Waals surface area contributed by atoms with E-state index in [2.05, 4.69) is 0 Å². The Morgan fingerprint density at radius 2 is 2.00 bits per heavy atom. The molecule has 0 atom stereocenters. The normalized spacial score (nSPS) is 12.4. The zero-order valence-corrected chi connectivity index (χ0v) is 10.8. The minimum atomic E-state index is -4.42. The van der Waals surface area contributed by atoms with Crippen LogP contribution in [0.25, 0.3) is 0 Å². The van der Waals surface area contributed by atoms with E-state index in [1.165, 1.54) is 19.2 Å². The molecule has 0 amide bonds. The largest absolute Gasteiger partial charge is 0.495 e. The van der Waals surface area contributed by atoms with Gasteiger partial charge in [0.1, 0.15) is 5.75 Å². The van der Waals surface area contributed by atoms with Crippen LogP contribution in [0.4, 0.5) is 18.9 Å². The monoisotopic (exact) mass is 298 g/mol. The lowest BCUT2D eigenvalue weighted by atomic mass is 10.3. The van der Waals surface area contributed by atoms with Gasteiger partial charge < -0.3 is 10.5 Å². The van der Waals surface area contributed by atoms with Gasteiger partial charge in [-0.05, 0) is 12.1 Å². The highest BCUT2D eigenvalue weighted by atomic mass is 32.2. The Morgan fingerprint density at radius 1 is 1.37 bits per heavy atom. The smallest absolute Gasteiger partial charge is 0.390 e. The van der Waals surface area contributed by atoms with Crippen LogP contribution in [0.2, 0.25) is 0 Å². The number of nitrogens with one attached hydrogen (secondary N) is 1. The molecule has 3 N–H and O–H groups in total. The highest BCUT2D eigenvalue weighted by Gasteiger charge is 2.27. The number of anilines is 1. The number of rotatable bonds is 5. The summed E-state index contributed by atoms with van der Waals surface area (Å²) in [4.78, 5) is -0.208. The minimum Gasteiger partial charge on any atom is -0.495 e. The average Bonchev–Trinajstić information content (AvgIpc) is 2.27. The van der Waals surface area contributed by atoms with E-state index < -0.39 is 29.2 Å². The number of alkyl halides is 3. The predicted octanol–water partition coefficient (Wildman–Crippen LogP) is 1.51. The van der Waals surface area contributed by atoms with E-state index >= 15 is 0 Å². The number of nitrogen functional groups attached to an aromatic ring is 1. The van der Waals surface area contributed by atoms with Gasteiger partial charge in [0.05, 0.1) is 24.1 Å². The quantitative estimate of drug-likeness (QED) is 0.807. The lowest BCUT2D eigenvalue weighted by Crippen LogP contribution is -2.28. The Bertz CT molecular complexity index is 543. The molecule has 0 spiro atoms. The minimum absolute atomic E-state index is 0.138. The molecule has 1 aromatic rings. The van der Waals surface area contributed by atoms with Crippen LogP contribution in [-0.2, 0) is 10.0 Å². The van der Waals surface area contributed by atoms with Crippen LogP contribution in [0.15, 0.2) is 23.1 Å². The molecule has 108 valence electrons. The fraction of sp³-hybridized carbons (Fsp3) is 0.400. The summed E-state index contributed by atoms with van der Waals surface area (Å²) in [5.74, 6) is 0.138. The molecule has 0 fully saturated rings. The topological polar surface area (TPSA) is 81.4 Å². The molecule has 0 aromatic heterocycles. The molecule has 0 aliphatic carbocycles. The third-order valence-electron chi connectivity index (χ3n) is 2.22. The molecule has 1 aromatic carbocycles. The summed E-state index contributed by atoms with van der Waals surface area (Å²) in [5, 5.41) is 0. The molecular weight excluding hydrogens is 285 g/mol. The molecule has 0 aliphatic rings. The van der Waals surface area contributed by atoms with Crippen LogP contribution >= 0.6 is 0 Å². The maximum Gasteiger partial charge on any atom is 0.390 e. The lowest BCUT2D eigenvalue weighted by molar-refractivity contribution is -0.132. The molecule has 1 rings (SSSR count). The van der Waals surface area contributed by atoms with Gasteiger partial charge in [-0.15, -0.1) is 0 Å². The first-order valence-electron chi connectivity index (χ1n) is 5.15. The van der Waals surface area contributed by atoms with Gasteiger partial charge in [0.25, 0.3) is 0 Å². The second-order valence-corrected chi connectivity index (χ2v) is 5.43. The third-order valence-corrected chi connectivity index (χ3v) is 3.67. The maximum absolute atomic E-state index is 11.9. The van der Waals surface area contributed by atoms with E-state index in [4.69, 9.17) is 10.5 Å². The lowest BCUT2D eigenvalue weighted by Gasteiger charge is -2.10. The molecule has 0 aliphatic heterocycles. The summed E-state index contributed by atoms with van der Waals surface area (Å²) >= 11 is 0. The van der Waals surface area contributed by atoms with Crippen LogP contribution < -0.4 is 15.2 Å². The number of sulfonamides is 1. The van der Waals surface area contributed by atoms with Crippen LogP contribution in [0.5, 0.6) is 5.75 Å². The van der Waals surface area contributed by atoms with Crippen LogP contribution in [0.3, 0.4) is 0 Å². The first-order chi connectivity index (χ1) is 8.65. The third kappa shape index (κ3) is 4.60. The Kier molecular flexibility index (Phi) is 4.64. The van der Waals surface area contributed by atoms with Crippen molar-refractivity contribution in [3.63, 3.8) is 0 Å². The Labute approximate surface area is 108 Å². The van der Waals surface area contributed by atoms with Crippen molar-refractivity contribution >= 4 is 15.7 Å². The standard InChI is InChI=1S/C10H13F3N2O3S/c1-18-9-6-7(2-3-8(9)14)19(16,17)15-5-4-10(11,12)13/h2-3,6,15H,4-5,14H2,1H3. The molecular formula is C10H13F3N2O3S. The van der Waals surface area contributed by atoms with Crippen LogP contribution in [-0.4, -0.2) is 28.2 Å². The van der Waals surface area contributed by atoms with E-state index in [0.29, 0.717) is 0 Å². The van der Waals surface area contributed by atoms with E-state index in [1.54, 1.807) is 0 Å². The van der Waals surface area contributed by atoms with Gasteiger partial charge in [-0.3, -0.25) is 0 Å². The van der Waals surface area contributed by atoms with Crippen LogP contribution in [0.1, 0.15) is 6.42 Å². The van der Waals surface area contributed by atoms with Gasteiger partial charge in [0.2, 0.25) is 10.0 Å². The van der Waals surface area contributed by atoms with E-state index in [-0.39, 0.29) is 16.3 Å². The highest BCUT2D eigenvalue weighted by Crippen LogP contribution is 2.25. The molecule has 9 heteroatoms. The summed E-state index contributed by atoms with van der Waals surface area (Å²) < 4.78 is 65.9. The first kappa shape index (κ1) is 15.6. The number of ether oxygens (including phenoxy) is 1. The number of methoxy groups -OCH3 is 1. The fourth-order valence-corrected chi connectivity index (χ4v) is 2.32. The van der Waals surface area contributed by atoms with E-state index in [1.807, 2.05) is 4.72 Å². The second kappa shape index (κ2) is 5.66. The summed E-state index contributed by atoms with van der Waals surface area (Å²) in [6, 6.07) is 3.64. The van der Waals surface area contributed by atoms with Gasteiger partial charge in [-0.2, -0.15) is 13.2 Å². The molecule has 0 saturated carbocycles. The summed E-state index contributed by atoms with van der Waals surface area (Å²) in [6.45, 7) is -0.724. The Hall–Kier alpha value is -1.48. The average molecular weight is 298 g/mol. The molecule has 0 heterocycles. The number of benzene rings is 1. The number of hydrogen-bond donors (Lipinski definition) is 2. The first-order valence-corrected chi connectivity index (χ1v) is 6.64.